The van der Waals surface area contributed by atoms with Gasteiger partial charge in [0.2, 0.25) is 5.95 Å². The molecular weight excluding hydrogens is 352 g/mol. The summed E-state index contributed by atoms with van der Waals surface area (Å²) in [5.41, 5.74) is 6.62. The van der Waals surface area contributed by atoms with Crippen molar-refractivity contribution in [3.63, 3.8) is 0 Å². The number of nitrogens with two attached hydrogens (primary N) is 1. The zero-order chi connectivity index (χ0) is 18.1. The van der Waals surface area contributed by atoms with E-state index in [1.165, 1.54) is 32.7 Å². The molecule has 3 rings (SSSR count). The average Bonchev–Trinajstić information content (AvgIpc) is 2.97. The molecule has 3 aromatic rings. The number of halogens is 1. The van der Waals surface area contributed by atoms with Gasteiger partial charge >= 0.3 is 0 Å². The normalized spacial score (nSPS) is 10.8. The van der Waals surface area contributed by atoms with Gasteiger partial charge in [-0.1, -0.05) is 11.6 Å². The van der Waals surface area contributed by atoms with E-state index in [0.29, 0.717) is 22.5 Å². The van der Waals surface area contributed by atoms with Crippen LogP contribution in [0.15, 0.2) is 18.5 Å². The maximum Gasteiger partial charge on any atom is 0.278 e. The Labute approximate surface area is 146 Å². The summed E-state index contributed by atoms with van der Waals surface area (Å²) in [5.74, 6) is 0.629. The van der Waals surface area contributed by atoms with Crippen molar-refractivity contribution in [2.45, 2.75) is 6.54 Å². The first kappa shape index (κ1) is 16.7. The Morgan fingerprint density at radius 1 is 1.28 bits per heavy atom. The minimum atomic E-state index is -0.493. The molecule has 11 heteroatoms. The molecule has 2 N–H and O–H groups in total. The summed E-state index contributed by atoms with van der Waals surface area (Å²) in [6.45, 7) is 0.111. The zero-order valence-electron chi connectivity index (χ0n) is 13.3. The molecule has 0 spiro atoms. The van der Waals surface area contributed by atoms with E-state index in [1.54, 1.807) is 4.57 Å². The van der Waals surface area contributed by atoms with Crippen LogP contribution in [0.3, 0.4) is 0 Å². The Hall–Kier alpha value is -3.14. The number of nitrogen functional groups attached to an aromatic ring is 1. The first-order valence-electron chi connectivity index (χ1n) is 6.97. The molecule has 0 amide bonds. The fourth-order valence-electron chi connectivity index (χ4n) is 2.43. The summed E-state index contributed by atoms with van der Waals surface area (Å²) < 4.78 is 11.9. The molecule has 10 nitrogen and oxygen atoms in total. The number of aromatic nitrogens is 4. The van der Waals surface area contributed by atoms with Gasteiger partial charge in [0.1, 0.15) is 5.52 Å². The number of imidazole rings is 1. The predicted molar refractivity (Wildman–Crippen MR) is 90.0 cm³/mol. The van der Waals surface area contributed by atoms with Gasteiger partial charge in [-0.3, -0.25) is 10.1 Å². The third-order valence-corrected chi connectivity index (χ3v) is 3.82. The van der Waals surface area contributed by atoms with E-state index in [4.69, 9.17) is 26.8 Å². The molecule has 0 aliphatic heterocycles. The molecule has 0 saturated carbocycles. The summed E-state index contributed by atoms with van der Waals surface area (Å²) in [6.07, 6.45) is 1.46. The van der Waals surface area contributed by atoms with Crippen LogP contribution in [0.25, 0.3) is 11.2 Å². The second-order valence-electron chi connectivity index (χ2n) is 5.01. The summed E-state index contributed by atoms with van der Waals surface area (Å²) in [6, 6.07) is 2.85. The molecule has 2 aromatic heterocycles. The average molecular weight is 365 g/mol. The lowest BCUT2D eigenvalue weighted by molar-refractivity contribution is -0.385. The Morgan fingerprint density at radius 2 is 1.96 bits per heavy atom. The van der Waals surface area contributed by atoms with Crippen LogP contribution in [0, 0.1) is 10.1 Å². The van der Waals surface area contributed by atoms with Crippen LogP contribution >= 0.6 is 11.6 Å². The number of hydrogen-bond acceptors (Lipinski definition) is 8. The van der Waals surface area contributed by atoms with Crippen molar-refractivity contribution < 1.29 is 14.4 Å². The predicted octanol–water partition coefficient (Wildman–Crippen LogP) is 2.04. The molecule has 130 valence electrons. The number of fused-ring (bicyclic) bond motifs is 1. The summed E-state index contributed by atoms with van der Waals surface area (Å²) in [5, 5.41) is 11.5. The zero-order valence-corrected chi connectivity index (χ0v) is 14.0. The fourth-order valence-corrected chi connectivity index (χ4v) is 2.65. The minimum absolute atomic E-state index is 0.0129. The van der Waals surface area contributed by atoms with Crippen LogP contribution in [-0.2, 0) is 6.54 Å². The number of rotatable bonds is 5. The van der Waals surface area contributed by atoms with Crippen LogP contribution in [0.5, 0.6) is 11.5 Å². The maximum atomic E-state index is 11.4. The molecule has 0 bridgehead atoms. The number of nitrogens with zero attached hydrogens (tertiary/aromatic N) is 5. The van der Waals surface area contributed by atoms with Gasteiger partial charge in [-0.2, -0.15) is 9.97 Å². The van der Waals surface area contributed by atoms with E-state index >= 15 is 0 Å². The van der Waals surface area contributed by atoms with E-state index in [2.05, 4.69) is 15.0 Å². The van der Waals surface area contributed by atoms with Crippen molar-refractivity contribution in [1.82, 2.24) is 19.5 Å². The lowest BCUT2D eigenvalue weighted by atomic mass is 10.1. The van der Waals surface area contributed by atoms with Gasteiger partial charge in [-0.15, -0.1) is 0 Å². The van der Waals surface area contributed by atoms with Gasteiger partial charge in [0.25, 0.3) is 5.69 Å². The van der Waals surface area contributed by atoms with Crippen LogP contribution in [0.2, 0.25) is 5.15 Å². The molecule has 2 heterocycles. The Kier molecular flexibility index (Phi) is 4.28. The van der Waals surface area contributed by atoms with Crippen LogP contribution < -0.4 is 15.2 Å². The monoisotopic (exact) mass is 364 g/mol. The number of anilines is 1. The SMILES string of the molecule is COc1cc(Cn2cnc3c(Cl)nc(N)nc32)c([N+](=O)[O-])cc1OC. The highest BCUT2D eigenvalue weighted by atomic mass is 35.5. The van der Waals surface area contributed by atoms with Crippen molar-refractivity contribution in [2.75, 3.05) is 20.0 Å². The van der Waals surface area contributed by atoms with Gasteiger partial charge < -0.3 is 19.8 Å². The van der Waals surface area contributed by atoms with Crippen LogP contribution in [0.1, 0.15) is 5.56 Å². The third-order valence-electron chi connectivity index (χ3n) is 3.56. The third kappa shape index (κ3) is 2.98. The second kappa shape index (κ2) is 6.40. The van der Waals surface area contributed by atoms with Crippen LogP contribution in [-0.4, -0.2) is 38.7 Å². The molecule has 0 atom stereocenters. The summed E-state index contributed by atoms with van der Waals surface area (Å²) in [7, 11) is 2.86. The highest BCUT2D eigenvalue weighted by Crippen LogP contribution is 2.35. The Balaban J connectivity index is 2.13. The smallest absolute Gasteiger partial charge is 0.278 e. The van der Waals surface area contributed by atoms with E-state index in [-0.39, 0.29) is 29.1 Å². The largest absolute Gasteiger partial charge is 0.493 e. The van der Waals surface area contributed by atoms with E-state index in [9.17, 15) is 10.1 Å². The van der Waals surface area contributed by atoms with E-state index in [1.807, 2.05) is 0 Å². The molecule has 0 aliphatic rings. The van der Waals surface area contributed by atoms with E-state index < -0.39 is 4.92 Å². The number of benzene rings is 1. The van der Waals surface area contributed by atoms with Gasteiger partial charge in [0, 0.05) is 0 Å². The minimum Gasteiger partial charge on any atom is -0.493 e. The maximum absolute atomic E-state index is 11.4. The molecule has 1 aromatic carbocycles. The number of hydrogen-bond donors (Lipinski definition) is 1. The molecule has 25 heavy (non-hydrogen) atoms. The second-order valence-corrected chi connectivity index (χ2v) is 5.37. The summed E-state index contributed by atoms with van der Waals surface area (Å²) >= 11 is 6.00. The standard InChI is InChI=1S/C14H13ClN6O4/c1-24-9-3-7(8(21(22)23)4-10(9)25-2)5-20-6-17-11-12(15)18-14(16)19-13(11)20/h3-4,6H,5H2,1-2H3,(H2,16,18,19). The summed E-state index contributed by atoms with van der Waals surface area (Å²) in [4.78, 5) is 23.0. The molecule has 0 radical (unpaired) electrons. The first-order valence-corrected chi connectivity index (χ1v) is 7.35. The fraction of sp³-hybridized carbons (Fsp3) is 0.214. The van der Waals surface area contributed by atoms with Crippen molar-refractivity contribution in [3.8, 4) is 11.5 Å². The molecule has 0 saturated heterocycles. The van der Waals surface area contributed by atoms with Gasteiger partial charge in [0.15, 0.2) is 22.3 Å². The van der Waals surface area contributed by atoms with Crippen LogP contribution in [0.4, 0.5) is 11.6 Å². The number of ether oxygens (including phenoxy) is 2. The van der Waals surface area contributed by atoms with Gasteiger partial charge in [0.05, 0.1) is 43.6 Å². The number of methoxy groups -OCH3 is 2. The number of nitro benzene ring substituents is 1. The van der Waals surface area contributed by atoms with E-state index in [0.717, 1.165) is 0 Å². The molecule has 0 unspecified atom stereocenters. The highest BCUT2D eigenvalue weighted by molar-refractivity contribution is 6.33. The first-order chi connectivity index (χ1) is 11.9. The quantitative estimate of drug-likeness (QED) is 0.413. The van der Waals surface area contributed by atoms with Crippen molar-refractivity contribution in [1.29, 1.82) is 0 Å². The van der Waals surface area contributed by atoms with Gasteiger partial charge in [-0.25, -0.2) is 4.98 Å². The molecule has 0 aliphatic carbocycles. The Morgan fingerprint density at radius 3 is 2.60 bits per heavy atom. The lowest BCUT2D eigenvalue weighted by Gasteiger charge is -2.11. The topological polar surface area (TPSA) is 131 Å². The van der Waals surface area contributed by atoms with Crippen molar-refractivity contribution in [2.24, 2.45) is 0 Å². The lowest BCUT2D eigenvalue weighted by Crippen LogP contribution is -2.05. The van der Waals surface area contributed by atoms with Gasteiger partial charge in [-0.05, 0) is 6.07 Å². The van der Waals surface area contributed by atoms with Crippen molar-refractivity contribution in [3.05, 3.63) is 39.3 Å². The highest BCUT2D eigenvalue weighted by Gasteiger charge is 2.21. The molecule has 0 fully saturated rings. The van der Waals surface area contributed by atoms with Crippen molar-refractivity contribution >= 4 is 34.4 Å². The molecular formula is C14H13ClN6O4. The number of nitro groups is 1. The Bertz CT molecular complexity index is 974.